The average molecular weight is 333 g/mol. The van der Waals surface area contributed by atoms with Gasteiger partial charge >= 0.3 is 0 Å². The molecule has 0 saturated heterocycles. The number of benzene rings is 1. The first-order valence-corrected chi connectivity index (χ1v) is 6.85. The maximum Gasteiger partial charge on any atom is 0.224 e. The van der Waals surface area contributed by atoms with E-state index in [4.69, 9.17) is 5.73 Å². The Morgan fingerprint density at radius 2 is 2.10 bits per heavy atom. The van der Waals surface area contributed by atoms with Crippen molar-refractivity contribution in [2.75, 3.05) is 17.7 Å². The SMILES string of the molecule is CN(Cc1ccccc1Br)c1nc(N)nc2nc[nH]c12. The van der Waals surface area contributed by atoms with Gasteiger partial charge in [0.2, 0.25) is 5.95 Å². The summed E-state index contributed by atoms with van der Waals surface area (Å²) in [6, 6.07) is 8.08. The van der Waals surface area contributed by atoms with E-state index in [9.17, 15) is 0 Å². The molecule has 0 bridgehead atoms. The zero-order chi connectivity index (χ0) is 14.1. The first-order valence-electron chi connectivity index (χ1n) is 6.06. The maximum atomic E-state index is 5.73. The van der Waals surface area contributed by atoms with Crippen LogP contribution in [0.2, 0.25) is 0 Å². The van der Waals surface area contributed by atoms with Crippen molar-refractivity contribution < 1.29 is 0 Å². The normalized spacial score (nSPS) is 10.9. The Hall–Kier alpha value is -2.15. The lowest BCUT2D eigenvalue weighted by Gasteiger charge is -2.19. The van der Waals surface area contributed by atoms with E-state index in [1.54, 1.807) is 6.33 Å². The Kier molecular flexibility index (Phi) is 3.27. The van der Waals surface area contributed by atoms with Crippen LogP contribution in [0.15, 0.2) is 35.1 Å². The van der Waals surface area contributed by atoms with Gasteiger partial charge < -0.3 is 15.6 Å². The molecule has 3 aromatic rings. The molecule has 0 unspecified atom stereocenters. The third-order valence-electron chi connectivity index (χ3n) is 3.01. The number of nitrogens with two attached hydrogens (primary N) is 1. The number of H-pyrrole nitrogens is 1. The molecule has 0 aliphatic heterocycles. The van der Waals surface area contributed by atoms with E-state index in [-0.39, 0.29) is 5.95 Å². The number of aromatic amines is 1. The van der Waals surface area contributed by atoms with Crippen LogP contribution in [0.3, 0.4) is 0 Å². The van der Waals surface area contributed by atoms with Crippen LogP contribution in [0, 0.1) is 0 Å². The van der Waals surface area contributed by atoms with Gasteiger partial charge in [-0.25, -0.2) is 4.98 Å². The molecule has 0 aliphatic carbocycles. The third kappa shape index (κ3) is 2.32. The predicted molar refractivity (Wildman–Crippen MR) is 82.3 cm³/mol. The molecule has 7 heteroatoms. The van der Waals surface area contributed by atoms with E-state index in [0.717, 1.165) is 15.8 Å². The standard InChI is InChI=1S/C13H13BrN6/c1-20(6-8-4-2-3-5-9(8)14)12-10-11(17-7-16-10)18-13(15)19-12/h2-5,7H,6H2,1H3,(H3,15,16,17,18,19). The number of anilines is 2. The summed E-state index contributed by atoms with van der Waals surface area (Å²) in [6.07, 6.45) is 1.59. The Morgan fingerprint density at radius 3 is 2.90 bits per heavy atom. The van der Waals surface area contributed by atoms with E-state index in [1.165, 1.54) is 5.56 Å². The zero-order valence-electron chi connectivity index (χ0n) is 10.8. The quantitative estimate of drug-likeness (QED) is 0.769. The molecular weight excluding hydrogens is 320 g/mol. The number of hydrogen-bond acceptors (Lipinski definition) is 5. The average Bonchev–Trinajstić information content (AvgIpc) is 2.88. The molecule has 0 atom stereocenters. The number of fused-ring (bicyclic) bond motifs is 1. The molecule has 2 aromatic heterocycles. The van der Waals surface area contributed by atoms with Crippen LogP contribution in [-0.2, 0) is 6.54 Å². The van der Waals surface area contributed by atoms with Gasteiger partial charge in [-0.1, -0.05) is 34.1 Å². The van der Waals surface area contributed by atoms with Crippen molar-refractivity contribution in [3.8, 4) is 0 Å². The summed E-state index contributed by atoms with van der Waals surface area (Å²) in [5.41, 5.74) is 8.26. The van der Waals surface area contributed by atoms with Gasteiger partial charge in [0.25, 0.3) is 0 Å². The summed E-state index contributed by atoms with van der Waals surface area (Å²) in [5.74, 6) is 0.958. The summed E-state index contributed by atoms with van der Waals surface area (Å²) in [5, 5.41) is 0. The maximum absolute atomic E-state index is 5.73. The van der Waals surface area contributed by atoms with Crippen molar-refractivity contribution >= 4 is 38.9 Å². The Balaban J connectivity index is 1.98. The largest absolute Gasteiger partial charge is 0.368 e. The van der Waals surface area contributed by atoms with Gasteiger partial charge in [-0.2, -0.15) is 9.97 Å². The van der Waals surface area contributed by atoms with Crippen LogP contribution in [0.25, 0.3) is 11.2 Å². The first-order chi connectivity index (χ1) is 9.65. The summed E-state index contributed by atoms with van der Waals surface area (Å²) in [7, 11) is 1.96. The second kappa shape index (κ2) is 5.09. The number of imidazole rings is 1. The van der Waals surface area contributed by atoms with Gasteiger partial charge in [-0.05, 0) is 11.6 Å². The molecule has 0 amide bonds. The molecule has 2 heterocycles. The molecule has 102 valence electrons. The number of hydrogen-bond donors (Lipinski definition) is 2. The smallest absolute Gasteiger partial charge is 0.224 e. The molecule has 6 nitrogen and oxygen atoms in total. The number of nitrogens with zero attached hydrogens (tertiary/aromatic N) is 4. The minimum Gasteiger partial charge on any atom is -0.368 e. The summed E-state index contributed by atoms with van der Waals surface area (Å²) >= 11 is 3.55. The topological polar surface area (TPSA) is 83.7 Å². The molecule has 1 aromatic carbocycles. The van der Waals surface area contributed by atoms with Crippen molar-refractivity contribution in [1.82, 2.24) is 19.9 Å². The molecule has 0 spiro atoms. The van der Waals surface area contributed by atoms with Crippen molar-refractivity contribution in [3.05, 3.63) is 40.6 Å². The highest BCUT2D eigenvalue weighted by atomic mass is 79.9. The van der Waals surface area contributed by atoms with E-state index < -0.39 is 0 Å². The molecule has 0 saturated carbocycles. The molecule has 3 rings (SSSR count). The molecule has 20 heavy (non-hydrogen) atoms. The summed E-state index contributed by atoms with van der Waals surface area (Å²) in [4.78, 5) is 17.6. The van der Waals surface area contributed by atoms with Gasteiger partial charge in [0.1, 0.15) is 5.52 Å². The van der Waals surface area contributed by atoms with Crippen molar-refractivity contribution in [1.29, 1.82) is 0 Å². The highest BCUT2D eigenvalue weighted by molar-refractivity contribution is 9.10. The van der Waals surface area contributed by atoms with E-state index in [1.807, 2.05) is 30.1 Å². The van der Waals surface area contributed by atoms with E-state index in [2.05, 4.69) is 41.9 Å². The van der Waals surface area contributed by atoms with Crippen molar-refractivity contribution in [2.24, 2.45) is 0 Å². The van der Waals surface area contributed by atoms with Gasteiger partial charge in [0.15, 0.2) is 11.5 Å². The molecule has 3 N–H and O–H groups in total. The highest BCUT2D eigenvalue weighted by Gasteiger charge is 2.13. The first kappa shape index (κ1) is 12.9. The van der Waals surface area contributed by atoms with Crippen molar-refractivity contribution in [2.45, 2.75) is 6.54 Å². The molecule has 0 aliphatic rings. The second-order valence-corrected chi connectivity index (χ2v) is 5.31. The van der Waals surface area contributed by atoms with Crippen LogP contribution in [0.4, 0.5) is 11.8 Å². The van der Waals surface area contributed by atoms with Crippen LogP contribution in [0.1, 0.15) is 5.56 Å². The minimum absolute atomic E-state index is 0.221. The van der Waals surface area contributed by atoms with Gasteiger partial charge in [0.05, 0.1) is 6.33 Å². The summed E-state index contributed by atoms with van der Waals surface area (Å²) < 4.78 is 1.06. The number of nitrogen functional groups attached to an aromatic ring is 1. The van der Waals surface area contributed by atoms with Crippen molar-refractivity contribution in [3.63, 3.8) is 0 Å². The fourth-order valence-corrected chi connectivity index (χ4v) is 2.48. The lowest BCUT2D eigenvalue weighted by Crippen LogP contribution is -2.19. The van der Waals surface area contributed by atoms with E-state index in [0.29, 0.717) is 12.2 Å². The Morgan fingerprint density at radius 1 is 1.30 bits per heavy atom. The van der Waals surface area contributed by atoms with Gasteiger partial charge in [-0.3, -0.25) is 0 Å². The lowest BCUT2D eigenvalue weighted by atomic mass is 10.2. The van der Waals surface area contributed by atoms with Crippen LogP contribution in [0.5, 0.6) is 0 Å². The van der Waals surface area contributed by atoms with Crippen LogP contribution in [-0.4, -0.2) is 27.0 Å². The second-order valence-electron chi connectivity index (χ2n) is 4.45. The number of nitrogens with one attached hydrogen (secondary N) is 1. The minimum atomic E-state index is 0.221. The van der Waals surface area contributed by atoms with Gasteiger partial charge in [0, 0.05) is 18.1 Å². The number of rotatable bonds is 3. The summed E-state index contributed by atoms with van der Waals surface area (Å²) in [6.45, 7) is 0.700. The van der Waals surface area contributed by atoms with Crippen LogP contribution >= 0.6 is 15.9 Å². The number of aromatic nitrogens is 4. The Bertz CT molecular complexity index is 753. The fourth-order valence-electron chi connectivity index (χ4n) is 2.07. The predicted octanol–water partition coefficient (Wildman–Crippen LogP) is 2.33. The van der Waals surface area contributed by atoms with Crippen LogP contribution < -0.4 is 10.6 Å². The molecule has 0 fully saturated rings. The van der Waals surface area contributed by atoms with E-state index >= 15 is 0 Å². The Labute approximate surface area is 124 Å². The van der Waals surface area contributed by atoms with Gasteiger partial charge in [-0.15, -0.1) is 0 Å². The zero-order valence-corrected chi connectivity index (χ0v) is 12.4. The lowest BCUT2D eigenvalue weighted by molar-refractivity contribution is 0.896. The highest BCUT2D eigenvalue weighted by Crippen LogP contribution is 2.24. The monoisotopic (exact) mass is 332 g/mol. The number of halogens is 1. The fraction of sp³-hybridized carbons (Fsp3) is 0.154. The molecular formula is C13H13BrN6. The third-order valence-corrected chi connectivity index (χ3v) is 3.78. The molecule has 0 radical (unpaired) electrons.